The van der Waals surface area contributed by atoms with Gasteiger partial charge in [0.2, 0.25) is 0 Å². The summed E-state index contributed by atoms with van der Waals surface area (Å²) in [6, 6.07) is 0. The molecule has 14 heavy (non-hydrogen) atoms. The van der Waals surface area contributed by atoms with Gasteiger partial charge in [0.1, 0.15) is 6.29 Å². The fourth-order valence-corrected chi connectivity index (χ4v) is 2.03. The zero-order valence-electron chi connectivity index (χ0n) is 8.98. The van der Waals surface area contributed by atoms with E-state index < -0.39 is 0 Å². The van der Waals surface area contributed by atoms with Crippen LogP contribution in [-0.2, 0) is 4.79 Å². The van der Waals surface area contributed by atoms with Crippen molar-refractivity contribution in [3.63, 3.8) is 0 Å². The van der Waals surface area contributed by atoms with Gasteiger partial charge in [-0.05, 0) is 37.8 Å². The van der Waals surface area contributed by atoms with Crippen molar-refractivity contribution >= 4 is 6.29 Å². The van der Waals surface area contributed by atoms with Crippen LogP contribution in [0.25, 0.3) is 0 Å². The molecule has 3 nitrogen and oxygen atoms in total. The number of carbonyl (C=O) groups is 1. The summed E-state index contributed by atoms with van der Waals surface area (Å²) in [5, 5.41) is 8.98. The number of hydrogen-bond donors (Lipinski definition) is 1. The molecule has 1 heterocycles. The molecule has 1 N–H and O–H groups in total. The number of aliphatic hydroxyl groups excluding tert-OH is 1. The van der Waals surface area contributed by atoms with E-state index in [0.717, 1.165) is 38.8 Å². The lowest BCUT2D eigenvalue weighted by molar-refractivity contribution is -0.108. The molecule has 1 aliphatic rings. The third kappa shape index (κ3) is 3.76. The second-order valence-corrected chi connectivity index (χ2v) is 4.43. The lowest BCUT2D eigenvalue weighted by Crippen LogP contribution is -2.37. The molecule has 0 spiro atoms. The van der Waals surface area contributed by atoms with E-state index in [1.165, 1.54) is 0 Å². The molecule has 0 aromatic carbocycles. The molecule has 1 rings (SSSR count). The molecule has 0 bridgehead atoms. The van der Waals surface area contributed by atoms with Crippen LogP contribution in [0.3, 0.4) is 0 Å². The van der Waals surface area contributed by atoms with Crippen LogP contribution in [0, 0.1) is 11.8 Å². The van der Waals surface area contributed by atoms with Crippen molar-refractivity contribution in [2.24, 2.45) is 11.8 Å². The first kappa shape index (κ1) is 11.7. The Balaban J connectivity index is 2.18. The molecular formula is C11H21NO2. The van der Waals surface area contributed by atoms with Gasteiger partial charge in [-0.2, -0.15) is 0 Å². The molecule has 0 aliphatic carbocycles. The summed E-state index contributed by atoms with van der Waals surface area (Å²) < 4.78 is 0. The Kier molecular flexibility index (Phi) is 5.12. The third-order valence-electron chi connectivity index (χ3n) is 3.03. The topological polar surface area (TPSA) is 40.5 Å². The lowest BCUT2D eigenvalue weighted by atomic mass is 9.97. The van der Waals surface area contributed by atoms with Crippen molar-refractivity contribution < 1.29 is 9.90 Å². The van der Waals surface area contributed by atoms with Crippen LogP contribution < -0.4 is 0 Å². The number of piperidine rings is 1. The van der Waals surface area contributed by atoms with Crippen molar-refractivity contribution in [1.29, 1.82) is 0 Å². The Morgan fingerprint density at radius 1 is 1.50 bits per heavy atom. The molecule has 0 aromatic rings. The Morgan fingerprint density at radius 3 is 2.64 bits per heavy atom. The number of likely N-dealkylation sites (tertiary alicyclic amines) is 1. The van der Waals surface area contributed by atoms with Gasteiger partial charge >= 0.3 is 0 Å². The molecule has 0 aromatic heterocycles. The van der Waals surface area contributed by atoms with Crippen LogP contribution in [0.5, 0.6) is 0 Å². The summed E-state index contributed by atoms with van der Waals surface area (Å²) in [5.41, 5.74) is 0. The summed E-state index contributed by atoms with van der Waals surface area (Å²) in [6.07, 6.45) is 3.87. The molecule has 1 aliphatic heterocycles. The van der Waals surface area contributed by atoms with Gasteiger partial charge in [0.25, 0.3) is 0 Å². The number of hydrogen-bond acceptors (Lipinski definition) is 3. The van der Waals surface area contributed by atoms with Crippen molar-refractivity contribution in [2.45, 2.75) is 26.2 Å². The maximum atomic E-state index is 10.3. The smallest absolute Gasteiger partial charge is 0.120 e. The summed E-state index contributed by atoms with van der Waals surface area (Å²) >= 11 is 0. The van der Waals surface area contributed by atoms with Crippen LogP contribution in [0.2, 0.25) is 0 Å². The maximum absolute atomic E-state index is 10.3. The van der Waals surface area contributed by atoms with E-state index >= 15 is 0 Å². The molecular weight excluding hydrogens is 178 g/mol. The van der Waals surface area contributed by atoms with E-state index in [1.54, 1.807) is 0 Å². The zero-order chi connectivity index (χ0) is 10.4. The minimum atomic E-state index is 0.331. The highest BCUT2D eigenvalue weighted by Crippen LogP contribution is 2.17. The van der Waals surface area contributed by atoms with Gasteiger partial charge in [0.15, 0.2) is 0 Å². The van der Waals surface area contributed by atoms with Crippen molar-refractivity contribution in [2.75, 3.05) is 26.2 Å². The largest absolute Gasteiger partial charge is 0.396 e. The lowest BCUT2D eigenvalue weighted by Gasteiger charge is -2.32. The quantitative estimate of drug-likeness (QED) is 0.669. The van der Waals surface area contributed by atoms with Crippen molar-refractivity contribution in [3.05, 3.63) is 0 Å². The molecule has 1 unspecified atom stereocenters. The third-order valence-corrected chi connectivity index (χ3v) is 3.03. The van der Waals surface area contributed by atoms with E-state index in [9.17, 15) is 4.79 Å². The maximum Gasteiger partial charge on any atom is 0.120 e. The standard InChI is InChI=1S/C11H21NO2/c1-10(4-7-13)8-12-5-2-11(9-14)3-6-12/h7,10-11,14H,2-6,8-9H2,1H3. The summed E-state index contributed by atoms with van der Waals surface area (Å²) in [7, 11) is 0. The van der Waals surface area contributed by atoms with E-state index in [0.29, 0.717) is 24.9 Å². The minimum Gasteiger partial charge on any atom is -0.396 e. The van der Waals surface area contributed by atoms with Gasteiger partial charge in [-0.15, -0.1) is 0 Å². The molecule has 1 atom stereocenters. The normalized spacial score (nSPS) is 22.1. The molecule has 1 saturated heterocycles. The van der Waals surface area contributed by atoms with Gasteiger partial charge in [-0.3, -0.25) is 0 Å². The first-order valence-electron chi connectivity index (χ1n) is 5.53. The Bertz CT molecular complexity index is 165. The number of aldehydes is 1. The minimum absolute atomic E-state index is 0.331. The molecule has 0 radical (unpaired) electrons. The number of carbonyl (C=O) groups excluding carboxylic acids is 1. The second-order valence-electron chi connectivity index (χ2n) is 4.43. The summed E-state index contributed by atoms with van der Waals surface area (Å²) in [4.78, 5) is 12.7. The van der Waals surface area contributed by atoms with E-state index in [-0.39, 0.29) is 0 Å². The van der Waals surface area contributed by atoms with Crippen molar-refractivity contribution in [3.8, 4) is 0 Å². The first-order valence-corrected chi connectivity index (χ1v) is 5.53. The highest BCUT2D eigenvalue weighted by Gasteiger charge is 2.19. The van der Waals surface area contributed by atoms with Crippen LogP contribution in [0.4, 0.5) is 0 Å². The van der Waals surface area contributed by atoms with Crippen LogP contribution in [0.15, 0.2) is 0 Å². The number of rotatable bonds is 5. The highest BCUT2D eigenvalue weighted by molar-refractivity contribution is 5.49. The van der Waals surface area contributed by atoms with E-state index in [1.807, 2.05) is 0 Å². The fourth-order valence-electron chi connectivity index (χ4n) is 2.03. The average Bonchev–Trinajstić information content (AvgIpc) is 2.19. The molecule has 0 amide bonds. The second kappa shape index (κ2) is 6.14. The average molecular weight is 199 g/mol. The predicted molar refractivity (Wildman–Crippen MR) is 56.1 cm³/mol. The van der Waals surface area contributed by atoms with Gasteiger partial charge in [-0.1, -0.05) is 6.92 Å². The van der Waals surface area contributed by atoms with Gasteiger partial charge < -0.3 is 14.8 Å². The number of nitrogens with zero attached hydrogens (tertiary/aromatic N) is 1. The Hall–Kier alpha value is -0.410. The molecule has 82 valence electrons. The van der Waals surface area contributed by atoms with Crippen molar-refractivity contribution in [1.82, 2.24) is 4.90 Å². The summed E-state index contributed by atoms with van der Waals surface area (Å²) in [5.74, 6) is 0.978. The monoisotopic (exact) mass is 199 g/mol. The van der Waals surface area contributed by atoms with E-state index in [4.69, 9.17) is 5.11 Å². The highest BCUT2D eigenvalue weighted by atomic mass is 16.3. The van der Waals surface area contributed by atoms with Gasteiger partial charge in [0, 0.05) is 19.6 Å². The molecule has 1 fully saturated rings. The predicted octanol–water partition coefficient (Wildman–Crippen LogP) is 0.916. The van der Waals surface area contributed by atoms with Crippen LogP contribution >= 0.6 is 0 Å². The van der Waals surface area contributed by atoms with Crippen LogP contribution in [-0.4, -0.2) is 42.5 Å². The zero-order valence-corrected chi connectivity index (χ0v) is 8.98. The fraction of sp³-hybridized carbons (Fsp3) is 0.909. The SMILES string of the molecule is CC(CC=O)CN1CCC(CO)CC1. The van der Waals surface area contributed by atoms with Gasteiger partial charge in [0.05, 0.1) is 0 Å². The van der Waals surface area contributed by atoms with Crippen LogP contribution in [0.1, 0.15) is 26.2 Å². The summed E-state index contributed by atoms with van der Waals surface area (Å²) in [6.45, 7) is 5.63. The van der Waals surface area contributed by atoms with E-state index in [2.05, 4.69) is 11.8 Å². The first-order chi connectivity index (χ1) is 6.76. The number of aliphatic hydroxyl groups is 1. The molecule has 0 saturated carbocycles. The Morgan fingerprint density at radius 2 is 2.14 bits per heavy atom. The van der Waals surface area contributed by atoms with Gasteiger partial charge in [-0.25, -0.2) is 0 Å². The molecule has 3 heteroatoms. The Labute approximate surface area is 86.1 Å².